The van der Waals surface area contributed by atoms with Crippen LogP contribution in [0.5, 0.6) is 0 Å². The molecule has 0 aromatic heterocycles. The first-order chi connectivity index (χ1) is 6.59. The molecule has 0 amide bonds. The molecule has 0 aliphatic carbocycles. The molecule has 2 heteroatoms. The molecule has 1 nitrogen and oxygen atoms in total. The maximum atomic E-state index is 13.0. The van der Waals surface area contributed by atoms with Gasteiger partial charge in [-0.15, -0.1) is 0 Å². The number of rotatable bonds is 0. The fourth-order valence-corrected chi connectivity index (χ4v) is 2.18. The van der Waals surface area contributed by atoms with Gasteiger partial charge in [0.2, 0.25) is 0 Å². The highest BCUT2D eigenvalue weighted by Crippen LogP contribution is 2.32. The largest absolute Gasteiger partial charge is 0.371 e. The van der Waals surface area contributed by atoms with Gasteiger partial charge in [0.15, 0.2) is 0 Å². The Balaban J connectivity index is 2.45. The minimum atomic E-state index is -0.126. The summed E-state index contributed by atoms with van der Waals surface area (Å²) in [7, 11) is 2.08. The van der Waals surface area contributed by atoms with E-state index < -0.39 is 0 Å². The number of nitrogens with zero attached hydrogens (tertiary/aromatic N) is 1. The molecule has 0 N–H and O–H groups in total. The van der Waals surface area contributed by atoms with Gasteiger partial charge in [-0.05, 0) is 43.0 Å². The number of fused-ring (bicyclic) bond motifs is 1. The summed E-state index contributed by atoms with van der Waals surface area (Å²) < 4.78 is 13.0. The molecule has 76 valence electrons. The first-order valence-electron chi connectivity index (χ1n) is 5.11. The molecule has 0 radical (unpaired) electrons. The van der Waals surface area contributed by atoms with E-state index in [1.165, 1.54) is 11.8 Å². The van der Waals surface area contributed by atoms with Crippen LogP contribution in [0.25, 0.3) is 0 Å². The van der Waals surface area contributed by atoms with Gasteiger partial charge < -0.3 is 4.90 Å². The number of hydrogen-bond donors (Lipinski definition) is 0. The van der Waals surface area contributed by atoms with Crippen LogP contribution in [0.15, 0.2) is 18.2 Å². The zero-order valence-corrected chi connectivity index (χ0v) is 8.92. The lowest BCUT2D eigenvalue weighted by Crippen LogP contribution is -2.39. The van der Waals surface area contributed by atoms with Crippen molar-refractivity contribution in [2.75, 3.05) is 11.9 Å². The Morgan fingerprint density at radius 2 is 2.07 bits per heavy atom. The van der Waals surface area contributed by atoms with Crippen molar-refractivity contribution in [2.24, 2.45) is 5.92 Å². The lowest BCUT2D eigenvalue weighted by molar-refractivity contribution is 0.442. The van der Waals surface area contributed by atoms with E-state index in [0.29, 0.717) is 12.0 Å². The van der Waals surface area contributed by atoms with Gasteiger partial charge in [0, 0.05) is 18.8 Å². The molecule has 1 heterocycles. The SMILES string of the molecule is C[C@@H]1Cc2cc(F)ccc2N(C)[C@H]1C. The van der Waals surface area contributed by atoms with E-state index in [-0.39, 0.29) is 5.82 Å². The van der Waals surface area contributed by atoms with Gasteiger partial charge in [-0.25, -0.2) is 4.39 Å². The lowest BCUT2D eigenvalue weighted by atomic mass is 9.88. The minimum absolute atomic E-state index is 0.126. The van der Waals surface area contributed by atoms with E-state index in [9.17, 15) is 4.39 Å². The number of anilines is 1. The molecule has 2 atom stereocenters. The molecule has 0 saturated heterocycles. The molecule has 2 rings (SSSR count). The van der Waals surface area contributed by atoms with Crippen molar-refractivity contribution >= 4 is 5.69 Å². The quantitative estimate of drug-likeness (QED) is 0.612. The van der Waals surface area contributed by atoms with E-state index in [0.717, 1.165) is 12.0 Å². The molecule has 0 bridgehead atoms. The average molecular weight is 193 g/mol. The summed E-state index contributed by atoms with van der Waals surface area (Å²) in [6.45, 7) is 4.44. The molecular formula is C12H16FN. The van der Waals surface area contributed by atoms with Crippen molar-refractivity contribution in [1.82, 2.24) is 0 Å². The predicted molar refractivity (Wildman–Crippen MR) is 57.1 cm³/mol. The average Bonchev–Trinajstić information content (AvgIpc) is 2.14. The smallest absolute Gasteiger partial charge is 0.123 e. The standard InChI is InChI=1S/C12H16FN/c1-8-6-10-7-11(13)4-5-12(10)14(3)9(8)2/h4-5,7-9H,6H2,1-3H3/t8-,9+/m1/s1. The highest BCUT2D eigenvalue weighted by molar-refractivity contribution is 5.56. The molecule has 1 aromatic carbocycles. The second-order valence-electron chi connectivity index (χ2n) is 4.31. The summed E-state index contributed by atoms with van der Waals surface area (Å²) in [5.74, 6) is 0.466. The second-order valence-corrected chi connectivity index (χ2v) is 4.31. The lowest BCUT2D eigenvalue weighted by Gasteiger charge is -2.38. The highest BCUT2D eigenvalue weighted by atomic mass is 19.1. The van der Waals surface area contributed by atoms with E-state index in [2.05, 4.69) is 25.8 Å². The van der Waals surface area contributed by atoms with Crippen LogP contribution in [-0.4, -0.2) is 13.1 Å². The van der Waals surface area contributed by atoms with E-state index >= 15 is 0 Å². The third-order valence-corrected chi connectivity index (χ3v) is 3.40. The van der Waals surface area contributed by atoms with Gasteiger partial charge in [0.1, 0.15) is 5.82 Å². The van der Waals surface area contributed by atoms with Gasteiger partial charge in [-0.3, -0.25) is 0 Å². The first-order valence-corrected chi connectivity index (χ1v) is 5.11. The van der Waals surface area contributed by atoms with Gasteiger partial charge in [0.25, 0.3) is 0 Å². The summed E-state index contributed by atoms with van der Waals surface area (Å²) in [6, 6.07) is 5.62. The number of benzene rings is 1. The Morgan fingerprint density at radius 1 is 1.36 bits per heavy atom. The number of hydrogen-bond acceptors (Lipinski definition) is 1. The van der Waals surface area contributed by atoms with Gasteiger partial charge >= 0.3 is 0 Å². The summed E-state index contributed by atoms with van der Waals surface area (Å²) >= 11 is 0. The third-order valence-electron chi connectivity index (χ3n) is 3.40. The van der Waals surface area contributed by atoms with Gasteiger partial charge in [0.05, 0.1) is 0 Å². The highest BCUT2D eigenvalue weighted by Gasteiger charge is 2.25. The van der Waals surface area contributed by atoms with Crippen LogP contribution in [0.3, 0.4) is 0 Å². The van der Waals surface area contributed by atoms with Crippen LogP contribution < -0.4 is 4.90 Å². The van der Waals surface area contributed by atoms with Crippen molar-refractivity contribution in [2.45, 2.75) is 26.3 Å². The fourth-order valence-electron chi connectivity index (χ4n) is 2.18. The van der Waals surface area contributed by atoms with Crippen LogP contribution in [0.1, 0.15) is 19.4 Å². The van der Waals surface area contributed by atoms with Crippen LogP contribution >= 0.6 is 0 Å². The Labute approximate surface area is 84.5 Å². The molecule has 1 aromatic rings. The Bertz CT molecular complexity index is 348. The molecular weight excluding hydrogens is 177 g/mol. The van der Waals surface area contributed by atoms with Crippen molar-refractivity contribution < 1.29 is 4.39 Å². The maximum absolute atomic E-state index is 13.0. The van der Waals surface area contributed by atoms with Crippen molar-refractivity contribution in [3.63, 3.8) is 0 Å². The molecule has 0 saturated carbocycles. The molecule has 1 aliphatic rings. The van der Waals surface area contributed by atoms with E-state index in [4.69, 9.17) is 0 Å². The molecule has 0 unspecified atom stereocenters. The van der Waals surface area contributed by atoms with Crippen LogP contribution in [0.4, 0.5) is 10.1 Å². The molecule has 0 fully saturated rings. The normalized spacial score (nSPS) is 26.1. The summed E-state index contributed by atoms with van der Waals surface area (Å²) in [6.07, 6.45) is 0.985. The van der Waals surface area contributed by atoms with Crippen molar-refractivity contribution in [1.29, 1.82) is 0 Å². The first kappa shape index (κ1) is 9.50. The van der Waals surface area contributed by atoms with E-state index in [1.807, 2.05) is 6.07 Å². The van der Waals surface area contributed by atoms with Gasteiger partial charge in [-0.1, -0.05) is 6.92 Å². The van der Waals surface area contributed by atoms with Crippen LogP contribution in [0.2, 0.25) is 0 Å². The summed E-state index contributed by atoms with van der Waals surface area (Å²) in [4.78, 5) is 2.24. The maximum Gasteiger partial charge on any atom is 0.123 e. The minimum Gasteiger partial charge on any atom is -0.371 e. The Kier molecular flexibility index (Phi) is 2.22. The monoisotopic (exact) mass is 193 g/mol. The van der Waals surface area contributed by atoms with E-state index in [1.54, 1.807) is 6.07 Å². The Hall–Kier alpha value is -1.05. The molecule has 1 aliphatic heterocycles. The molecule has 0 spiro atoms. The fraction of sp³-hybridized carbons (Fsp3) is 0.500. The van der Waals surface area contributed by atoms with Crippen molar-refractivity contribution in [3.8, 4) is 0 Å². The topological polar surface area (TPSA) is 3.24 Å². The zero-order chi connectivity index (χ0) is 10.3. The summed E-state index contributed by atoms with van der Waals surface area (Å²) in [5, 5.41) is 0. The van der Waals surface area contributed by atoms with Gasteiger partial charge in [-0.2, -0.15) is 0 Å². The summed E-state index contributed by atoms with van der Waals surface area (Å²) in [5.41, 5.74) is 2.31. The van der Waals surface area contributed by atoms with Crippen molar-refractivity contribution in [3.05, 3.63) is 29.6 Å². The number of halogens is 1. The second kappa shape index (κ2) is 3.26. The van der Waals surface area contributed by atoms with Crippen LogP contribution in [0, 0.1) is 11.7 Å². The zero-order valence-electron chi connectivity index (χ0n) is 8.92. The predicted octanol–water partition coefficient (Wildman–Crippen LogP) is 2.84. The van der Waals surface area contributed by atoms with Crippen LogP contribution in [-0.2, 0) is 6.42 Å². The third kappa shape index (κ3) is 1.39. The molecule has 14 heavy (non-hydrogen) atoms. The Morgan fingerprint density at radius 3 is 2.79 bits per heavy atom.